The summed E-state index contributed by atoms with van der Waals surface area (Å²) in [6.07, 6.45) is -3.00. The summed E-state index contributed by atoms with van der Waals surface area (Å²) in [5.41, 5.74) is -1.70. The molecule has 0 atom stereocenters. The zero-order valence-corrected chi connectivity index (χ0v) is 6.72. The Morgan fingerprint density at radius 2 is 1.71 bits per heavy atom. The first kappa shape index (κ1) is 11.0. The van der Waals surface area contributed by atoms with E-state index < -0.39 is 36.2 Å². The van der Waals surface area contributed by atoms with Gasteiger partial charge in [-0.2, -0.15) is 0 Å². The maximum Gasteiger partial charge on any atom is 0.491 e. The Balaban J connectivity index is 3.28. The summed E-state index contributed by atoms with van der Waals surface area (Å²) in [7, 11) is -2.32. The van der Waals surface area contributed by atoms with Gasteiger partial charge in [-0.05, 0) is 6.07 Å². The average Bonchev–Trinajstić information content (AvgIpc) is 2.08. The van der Waals surface area contributed by atoms with Gasteiger partial charge < -0.3 is 10.0 Å². The number of hydrogen-bond donors (Lipinski definition) is 2. The van der Waals surface area contributed by atoms with Crippen molar-refractivity contribution in [1.82, 2.24) is 0 Å². The second-order valence-corrected chi connectivity index (χ2v) is 2.58. The molecule has 0 heterocycles. The number of hydrogen-bond acceptors (Lipinski definition) is 2. The fraction of sp³-hybridized carbons (Fsp3) is 0.143. The summed E-state index contributed by atoms with van der Waals surface area (Å²) in [4.78, 5) is 0. The lowest BCUT2D eigenvalue weighted by Crippen LogP contribution is -2.34. The molecule has 0 saturated heterocycles. The van der Waals surface area contributed by atoms with Crippen molar-refractivity contribution in [2.75, 3.05) is 0 Å². The SMILES string of the molecule is OB(O)c1cc(C(F)F)cc(F)c1F. The van der Waals surface area contributed by atoms with Crippen molar-refractivity contribution in [2.24, 2.45) is 0 Å². The Hall–Kier alpha value is -1.08. The normalized spacial score (nSPS) is 10.8. The fourth-order valence-corrected chi connectivity index (χ4v) is 0.946. The van der Waals surface area contributed by atoms with Crippen LogP contribution in [0.5, 0.6) is 0 Å². The van der Waals surface area contributed by atoms with Gasteiger partial charge in [-0.3, -0.25) is 0 Å². The van der Waals surface area contributed by atoms with Crippen molar-refractivity contribution >= 4 is 12.6 Å². The molecule has 2 nitrogen and oxygen atoms in total. The van der Waals surface area contributed by atoms with Crippen molar-refractivity contribution in [1.29, 1.82) is 0 Å². The van der Waals surface area contributed by atoms with Crippen molar-refractivity contribution < 1.29 is 27.6 Å². The first-order valence-corrected chi connectivity index (χ1v) is 3.56. The van der Waals surface area contributed by atoms with Crippen LogP contribution in [0.15, 0.2) is 12.1 Å². The van der Waals surface area contributed by atoms with Crippen LogP contribution in [-0.2, 0) is 0 Å². The molecular weight excluding hydrogens is 203 g/mol. The van der Waals surface area contributed by atoms with E-state index in [-0.39, 0.29) is 0 Å². The van der Waals surface area contributed by atoms with Gasteiger partial charge in [0.05, 0.1) is 0 Å². The Labute approximate surface area is 76.9 Å². The standard InChI is InChI=1S/C7H5BF4O2/c9-5-2-3(7(11)12)1-4(6(5)10)8(13)14/h1-2,7,13-14H. The molecule has 1 aromatic rings. The second kappa shape index (κ2) is 3.97. The monoisotopic (exact) mass is 208 g/mol. The van der Waals surface area contributed by atoms with Crippen molar-refractivity contribution in [3.05, 3.63) is 29.3 Å². The summed E-state index contributed by atoms with van der Waals surface area (Å²) in [6, 6.07) is 0.819. The third kappa shape index (κ3) is 2.05. The zero-order chi connectivity index (χ0) is 10.9. The molecule has 0 aromatic heterocycles. The average molecular weight is 208 g/mol. The smallest absolute Gasteiger partial charge is 0.423 e. The summed E-state index contributed by atoms with van der Waals surface area (Å²) in [5, 5.41) is 17.1. The first-order valence-electron chi connectivity index (χ1n) is 3.56. The van der Waals surface area contributed by atoms with Crippen LogP contribution in [0.1, 0.15) is 12.0 Å². The van der Waals surface area contributed by atoms with Gasteiger partial charge in [0, 0.05) is 11.0 Å². The van der Waals surface area contributed by atoms with Crippen LogP contribution in [0.25, 0.3) is 0 Å². The van der Waals surface area contributed by atoms with Crippen LogP contribution in [0.2, 0.25) is 0 Å². The van der Waals surface area contributed by atoms with Gasteiger partial charge in [-0.1, -0.05) is 6.07 Å². The zero-order valence-electron chi connectivity index (χ0n) is 6.72. The maximum absolute atomic E-state index is 12.8. The molecule has 0 aliphatic carbocycles. The third-order valence-electron chi connectivity index (χ3n) is 1.61. The van der Waals surface area contributed by atoms with E-state index >= 15 is 0 Å². The molecule has 0 fully saturated rings. The van der Waals surface area contributed by atoms with Crippen LogP contribution in [0.4, 0.5) is 17.6 Å². The van der Waals surface area contributed by atoms with Crippen molar-refractivity contribution in [3.8, 4) is 0 Å². The van der Waals surface area contributed by atoms with E-state index in [1.165, 1.54) is 0 Å². The molecule has 0 saturated carbocycles. The van der Waals surface area contributed by atoms with Gasteiger partial charge in [0.1, 0.15) is 0 Å². The summed E-state index contributed by atoms with van der Waals surface area (Å²) in [5.74, 6) is -3.07. The van der Waals surface area contributed by atoms with Crippen LogP contribution in [-0.4, -0.2) is 17.2 Å². The number of rotatable bonds is 2. The molecule has 0 amide bonds. The predicted octanol–water partition coefficient (Wildman–Crippen LogP) is 0.582. The summed E-state index contributed by atoms with van der Waals surface area (Å²) < 4.78 is 49.5. The number of benzene rings is 1. The molecule has 0 unspecified atom stereocenters. The quantitative estimate of drug-likeness (QED) is 0.551. The summed E-state index contributed by atoms with van der Waals surface area (Å²) in [6.45, 7) is 0. The van der Waals surface area contributed by atoms with Crippen molar-refractivity contribution in [2.45, 2.75) is 6.43 Å². The first-order chi connectivity index (χ1) is 6.43. The molecule has 0 radical (unpaired) electrons. The minimum Gasteiger partial charge on any atom is -0.423 e. The number of alkyl halides is 2. The molecule has 2 N–H and O–H groups in total. The van der Waals surface area contributed by atoms with Gasteiger partial charge >= 0.3 is 7.12 Å². The van der Waals surface area contributed by atoms with E-state index in [0.29, 0.717) is 12.1 Å². The molecule has 0 spiro atoms. The number of halogens is 4. The van der Waals surface area contributed by atoms with E-state index in [1.807, 2.05) is 0 Å². The van der Waals surface area contributed by atoms with Gasteiger partial charge in [-0.15, -0.1) is 0 Å². The molecule has 76 valence electrons. The Morgan fingerprint density at radius 3 is 2.14 bits per heavy atom. The van der Waals surface area contributed by atoms with Crippen LogP contribution in [0, 0.1) is 11.6 Å². The van der Waals surface area contributed by atoms with Crippen LogP contribution >= 0.6 is 0 Å². The Kier molecular flexibility index (Phi) is 3.12. The van der Waals surface area contributed by atoms with E-state index in [2.05, 4.69) is 0 Å². The van der Waals surface area contributed by atoms with Crippen molar-refractivity contribution in [3.63, 3.8) is 0 Å². The molecule has 1 aromatic carbocycles. The van der Waals surface area contributed by atoms with E-state index in [4.69, 9.17) is 10.0 Å². The molecular formula is C7H5BF4O2. The third-order valence-corrected chi connectivity index (χ3v) is 1.61. The molecule has 0 aliphatic heterocycles. The highest BCUT2D eigenvalue weighted by Crippen LogP contribution is 2.19. The van der Waals surface area contributed by atoms with Gasteiger partial charge in [0.2, 0.25) is 0 Å². The Bertz CT molecular complexity index is 343. The lowest BCUT2D eigenvalue weighted by Gasteiger charge is -2.06. The molecule has 0 bridgehead atoms. The molecule has 7 heteroatoms. The highest BCUT2D eigenvalue weighted by molar-refractivity contribution is 6.58. The molecule has 1 rings (SSSR count). The molecule has 14 heavy (non-hydrogen) atoms. The lowest BCUT2D eigenvalue weighted by atomic mass is 9.79. The fourth-order valence-electron chi connectivity index (χ4n) is 0.946. The summed E-state index contributed by atoms with van der Waals surface area (Å²) >= 11 is 0. The van der Waals surface area contributed by atoms with Crippen LogP contribution < -0.4 is 5.46 Å². The van der Waals surface area contributed by atoms with E-state index in [1.54, 1.807) is 0 Å². The van der Waals surface area contributed by atoms with E-state index in [0.717, 1.165) is 0 Å². The van der Waals surface area contributed by atoms with E-state index in [9.17, 15) is 17.6 Å². The highest BCUT2D eigenvalue weighted by Gasteiger charge is 2.22. The minimum atomic E-state index is -3.00. The second-order valence-electron chi connectivity index (χ2n) is 2.58. The van der Waals surface area contributed by atoms with Gasteiger partial charge in [-0.25, -0.2) is 17.6 Å². The Morgan fingerprint density at radius 1 is 1.14 bits per heavy atom. The molecule has 0 aliphatic rings. The minimum absolute atomic E-state index is 0.311. The lowest BCUT2D eigenvalue weighted by molar-refractivity contribution is 0.151. The van der Waals surface area contributed by atoms with Crippen LogP contribution in [0.3, 0.4) is 0 Å². The highest BCUT2D eigenvalue weighted by atomic mass is 19.3. The van der Waals surface area contributed by atoms with Gasteiger partial charge in [0.15, 0.2) is 11.6 Å². The predicted molar refractivity (Wildman–Crippen MR) is 41.1 cm³/mol. The van der Waals surface area contributed by atoms with Gasteiger partial charge in [0.25, 0.3) is 6.43 Å². The largest absolute Gasteiger partial charge is 0.491 e. The maximum atomic E-state index is 12.8. The topological polar surface area (TPSA) is 40.5 Å².